The largest absolute Gasteiger partial charge is 0.308 e. The van der Waals surface area contributed by atoms with Crippen LogP contribution in [0.2, 0.25) is 0 Å². The fourth-order valence-corrected chi connectivity index (χ4v) is 5.22. The third kappa shape index (κ3) is 4.50. The first-order chi connectivity index (χ1) is 10.1. The molecule has 6 nitrogen and oxygen atoms in total. The van der Waals surface area contributed by atoms with Crippen LogP contribution in [-0.2, 0) is 25.6 Å². The molecular formula is C13H18N2O4S3. The SMILES string of the molecule is CN(C)CCS(=O)(=O)Cc1ccc2sc(S(N)(=O)=O)cc2c1. The molecule has 0 saturated heterocycles. The molecule has 0 spiro atoms. The van der Waals surface area contributed by atoms with Crippen molar-refractivity contribution < 1.29 is 16.8 Å². The maximum absolute atomic E-state index is 12.1. The molecular weight excluding hydrogens is 344 g/mol. The van der Waals surface area contributed by atoms with Gasteiger partial charge in [0.05, 0.1) is 11.5 Å². The Morgan fingerprint density at radius 1 is 1.14 bits per heavy atom. The summed E-state index contributed by atoms with van der Waals surface area (Å²) >= 11 is 1.08. The Labute approximate surface area is 134 Å². The van der Waals surface area contributed by atoms with Crippen LogP contribution in [0.4, 0.5) is 0 Å². The van der Waals surface area contributed by atoms with Crippen molar-refractivity contribution >= 4 is 41.3 Å². The summed E-state index contributed by atoms with van der Waals surface area (Å²) in [4.78, 5) is 1.82. The van der Waals surface area contributed by atoms with Gasteiger partial charge in [-0.05, 0) is 43.2 Å². The molecule has 0 fully saturated rings. The Morgan fingerprint density at radius 2 is 1.82 bits per heavy atom. The number of nitrogens with zero attached hydrogens (tertiary/aromatic N) is 1. The van der Waals surface area contributed by atoms with Crippen molar-refractivity contribution in [2.24, 2.45) is 5.14 Å². The molecule has 2 rings (SSSR count). The van der Waals surface area contributed by atoms with Gasteiger partial charge < -0.3 is 4.90 Å². The fraction of sp³-hybridized carbons (Fsp3) is 0.385. The number of fused-ring (bicyclic) bond motifs is 1. The number of hydrogen-bond acceptors (Lipinski definition) is 6. The van der Waals surface area contributed by atoms with Crippen LogP contribution in [0.15, 0.2) is 28.5 Å². The first-order valence-corrected chi connectivity index (χ1v) is 10.7. The molecule has 0 unspecified atom stereocenters. The predicted octanol–water partition coefficient (Wildman–Crippen LogP) is 1.03. The zero-order chi connectivity index (χ0) is 16.5. The van der Waals surface area contributed by atoms with E-state index in [2.05, 4.69) is 0 Å². The number of sulfone groups is 1. The Bertz CT molecular complexity index is 883. The molecule has 2 aromatic rings. The van der Waals surface area contributed by atoms with Crippen molar-refractivity contribution in [3.05, 3.63) is 29.8 Å². The van der Waals surface area contributed by atoms with Crippen molar-refractivity contribution in [1.82, 2.24) is 4.90 Å². The number of sulfonamides is 1. The third-order valence-corrected chi connectivity index (χ3v) is 7.19. The molecule has 1 aromatic carbocycles. The highest BCUT2D eigenvalue weighted by molar-refractivity contribution is 7.91. The summed E-state index contributed by atoms with van der Waals surface area (Å²) in [5.41, 5.74) is 0.644. The lowest BCUT2D eigenvalue weighted by molar-refractivity contribution is 0.432. The Kier molecular flexibility index (Phi) is 4.93. The molecule has 1 heterocycles. The van der Waals surface area contributed by atoms with Gasteiger partial charge in [-0.3, -0.25) is 0 Å². The van der Waals surface area contributed by atoms with Gasteiger partial charge in [0.1, 0.15) is 4.21 Å². The van der Waals surface area contributed by atoms with E-state index >= 15 is 0 Å². The van der Waals surface area contributed by atoms with E-state index < -0.39 is 19.9 Å². The van der Waals surface area contributed by atoms with Gasteiger partial charge in [0, 0.05) is 11.2 Å². The molecule has 1 aromatic heterocycles. The average Bonchev–Trinajstić information content (AvgIpc) is 2.79. The Hall–Kier alpha value is -1.00. The van der Waals surface area contributed by atoms with Crippen LogP contribution in [0.25, 0.3) is 10.1 Å². The number of thiophene rings is 1. The Balaban J connectivity index is 2.26. The fourth-order valence-electron chi connectivity index (χ4n) is 1.95. The van der Waals surface area contributed by atoms with Gasteiger partial charge in [-0.15, -0.1) is 11.3 Å². The van der Waals surface area contributed by atoms with Crippen LogP contribution in [-0.4, -0.2) is 48.1 Å². The number of benzene rings is 1. The summed E-state index contributed by atoms with van der Waals surface area (Å²) in [7, 11) is -3.29. The summed E-state index contributed by atoms with van der Waals surface area (Å²) in [6, 6.07) is 6.61. The maximum atomic E-state index is 12.1. The van der Waals surface area contributed by atoms with Crippen molar-refractivity contribution in [3.8, 4) is 0 Å². The van der Waals surface area contributed by atoms with Crippen molar-refractivity contribution in [2.75, 3.05) is 26.4 Å². The van der Waals surface area contributed by atoms with Crippen LogP contribution in [0, 0.1) is 0 Å². The second-order valence-corrected chi connectivity index (χ2v) is 10.4. The zero-order valence-electron chi connectivity index (χ0n) is 12.3. The van der Waals surface area contributed by atoms with E-state index in [1.165, 1.54) is 6.07 Å². The lowest BCUT2D eigenvalue weighted by Crippen LogP contribution is -2.22. The molecule has 22 heavy (non-hydrogen) atoms. The van der Waals surface area contributed by atoms with Crippen molar-refractivity contribution in [2.45, 2.75) is 9.96 Å². The van der Waals surface area contributed by atoms with Crippen molar-refractivity contribution in [3.63, 3.8) is 0 Å². The summed E-state index contributed by atoms with van der Waals surface area (Å²) in [6.07, 6.45) is 0. The molecule has 0 amide bonds. The van der Waals surface area contributed by atoms with Crippen molar-refractivity contribution in [1.29, 1.82) is 0 Å². The molecule has 9 heteroatoms. The molecule has 0 bridgehead atoms. The minimum absolute atomic E-state index is 0.0582. The number of hydrogen-bond donors (Lipinski definition) is 1. The molecule has 0 radical (unpaired) electrons. The molecule has 0 atom stereocenters. The van der Waals surface area contributed by atoms with E-state index in [0.717, 1.165) is 16.0 Å². The summed E-state index contributed by atoms with van der Waals surface area (Å²) in [5.74, 6) is 0.0292. The van der Waals surface area contributed by atoms with Crippen LogP contribution in [0.5, 0.6) is 0 Å². The maximum Gasteiger partial charge on any atom is 0.247 e. The standard InChI is InChI=1S/C13H18N2O4S3/c1-15(2)5-6-21(16,17)9-10-3-4-12-11(7-10)8-13(20-12)22(14,18)19/h3-4,7-8H,5-6,9H2,1-2H3,(H2,14,18,19). The quantitative estimate of drug-likeness (QED) is 0.827. The lowest BCUT2D eigenvalue weighted by atomic mass is 10.2. The zero-order valence-corrected chi connectivity index (χ0v) is 14.8. The Morgan fingerprint density at radius 3 is 2.41 bits per heavy atom. The highest BCUT2D eigenvalue weighted by Gasteiger charge is 2.15. The van der Waals surface area contributed by atoms with Gasteiger partial charge >= 0.3 is 0 Å². The van der Waals surface area contributed by atoms with Gasteiger partial charge in [0.2, 0.25) is 10.0 Å². The van der Waals surface area contributed by atoms with Gasteiger partial charge in [0.15, 0.2) is 9.84 Å². The van der Waals surface area contributed by atoms with Crippen LogP contribution in [0.3, 0.4) is 0 Å². The van der Waals surface area contributed by atoms with Gasteiger partial charge in [0.25, 0.3) is 0 Å². The summed E-state index contributed by atoms with van der Waals surface area (Å²) in [6.45, 7) is 0.471. The minimum atomic E-state index is -3.74. The molecule has 0 saturated carbocycles. The second kappa shape index (κ2) is 6.25. The summed E-state index contributed by atoms with van der Waals surface area (Å²) < 4.78 is 47.7. The van der Waals surface area contributed by atoms with E-state index in [0.29, 0.717) is 17.5 Å². The second-order valence-electron chi connectivity index (χ2n) is 5.38. The predicted molar refractivity (Wildman–Crippen MR) is 89.2 cm³/mol. The van der Waals surface area contributed by atoms with E-state index in [9.17, 15) is 16.8 Å². The smallest absolute Gasteiger partial charge is 0.247 e. The molecule has 0 aliphatic carbocycles. The molecule has 0 aliphatic heterocycles. The van der Waals surface area contributed by atoms with E-state index in [1.54, 1.807) is 18.2 Å². The highest BCUT2D eigenvalue weighted by Crippen LogP contribution is 2.29. The first-order valence-electron chi connectivity index (χ1n) is 6.47. The first kappa shape index (κ1) is 17.4. The van der Waals surface area contributed by atoms with Crippen LogP contribution in [0.1, 0.15) is 5.56 Å². The molecule has 0 aliphatic rings. The van der Waals surface area contributed by atoms with E-state index in [4.69, 9.17) is 5.14 Å². The van der Waals surface area contributed by atoms with E-state index in [1.807, 2.05) is 19.0 Å². The molecule has 122 valence electrons. The van der Waals surface area contributed by atoms with Gasteiger partial charge in [-0.2, -0.15) is 0 Å². The summed E-state index contributed by atoms with van der Waals surface area (Å²) in [5, 5.41) is 5.80. The van der Waals surface area contributed by atoms with Gasteiger partial charge in [-0.25, -0.2) is 22.0 Å². The third-order valence-electron chi connectivity index (χ3n) is 3.07. The normalized spacial score (nSPS) is 13.1. The van der Waals surface area contributed by atoms with E-state index in [-0.39, 0.29) is 15.7 Å². The lowest BCUT2D eigenvalue weighted by Gasteiger charge is -2.10. The average molecular weight is 362 g/mol. The number of nitrogens with two attached hydrogens (primary N) is 1. The monoisotopic (exact) mass is 362 g/mol. The highest BCUT2D eigenvalue weighted by atomic mass is 32.2. The number of rotatable bonds is 6. The molecule has 2 N–H and O–H groups in total. The van der Waals surface area contributed by atoms with Crippen LogP contribution >= 0.6 is 11.3 Å². The number of primary sulfonamides is 1. The van der Waals surface area contributed by atoms with Gasteiger partial charge in [-0.1, -0.05) is 6.07 Å². The topological polar surface area (TPSA) is 97.5 Å². The minimum Gasteiger partial charge on any atom is -0.308 e. The van der Waals surface area contributed by atoms with Crippen LogP contribution < -0.4 is 5.14 Å².